The number of aromatic nitrogens is 1. The first-order chi connectivity index (χ1) is 12.2. The highest BCUT2D eigenvalue weighted by molar-refractivity contribution is 6.04. The summed E-state index contributed by atoms with van der Waals surface area (Å²) in [6.07, 6.45) is 1.74. The molecule has 0 saturated heterocycles. The van der Waals surface area contributed by atoms with Gasteiger partial charge in [0.1, 0.15) is 5.82 Å². The molecule has 3 aromatic rings. The molecule has 1 aliphatic heterocycles. The Bertz CT molecular complexity index is 903. The second kappa shape index (κ2) is 6.17. The predicted octanol–water partition coefficient (Wildman–Crippen LogP) is 4.28. The van der Waals surface area contributed by atoms with Crippen molar-refractivity contribution in [1.29, 1.82) is 0 Å². The van der Waals surface area contributed by atoms with E-state index in [9.17, 15) is 4.79 Å². The lowest BCUT2D eigenvalue weighted by Crippen LogP contribution is -2.28. The van der Waals surface area contributed by atoms with Crippen LogP contribution in [0.1, 0.15) is 34.1 Å². The number of rotatable bonds is 3. The third-order valence-corrected chi connectivity index (χ3v) is 4.99. The number of aryl methyl sites for hydroxylation is 1. The van der Waals surface area contributed by atoms with Gasteiger partial charge in [0.15, 0.2) is 0 Å². The minimum Gasteiger partial charge on any atom is -0.299 e. The zero-order chi connectivity index (χ0) is 17.4. The average molecular weight is 328 g/mol. The molecule has 1 aromatic heterocycles. The molecular formula is C22H20N2O. The Morgan fingerprint density at radius 1 is 0.920 bits per heavy atom. The van der Waals surface area contributed by atoms with Crippen molar-refractivity contribution >= 4 is 11.7 Å². The number of fused-ring (bicyclic) bond motifs is 1. The number of amides is 1. The Balaban J connectivity index is 1.90. The van der Waals surface area contributed by atoms with Gasteiger partial charge in [0.25, 0.3) is 0 Å². The minimum absolute atomic E-state index is 0.0257. The molecule has 0 fully saturated rings. The lowest BCUT2D eigenvalue weighted by molar-refractivity contribution is -0.119. The normalized spacial score (nSPS) is 17.4. The zero-order valence-electron chi connectivity index (χ0n) is 14.4. The van der Waals surface area contributed by atoms with Gasteiger partial charge < -0.3 is 0 Å². The van der Waals surface area contributed by atoms with Crippen LogP contribution in [0.25, 0.3) is 0 Å². The number of carbonyl (C=O) groups is 1. The van der Waals surface area contributed by atoms with E-state index in [1.165, 1.54) is 5.56 Å². The fraction of sp³-hybridized carbons (Fsp3) is 0.182. The van der Waals surface area contributed by atoms with Gasteiger partial charge in [-0.25, -0.2) is 4.98 Å². The van der Waals surface area contributed by atoms with Crippen molar-refractivity contribution < 1.29 is 4.79 Å². The third-order valence-electron chi connectivity index (χ3n) is 4.99. The van der Waals surface area contributed by atoms with E-state index in [1.54, 1.807) is 11.1 Å². The van der Waals surface area contributed by atoms with Crippen LogP contribution in [-0.4, -0.2) is 17.9 Å². The van der Waals surface area contributed by atoms with Crippen molar-refractivity contribution in [2.75, 3.05) is 11.9 Å². The summed E-state index contributed by atoms with van der Waals surface area (Å²) in [5, 5.41) is 0. The van der Waals surface area contributed by atoms with Crippen molar-refractivity contribution in [3.8, 4) is 0 Å². The van der Waals surface area contributed by atoms with E-state index in [1.807, 2.05) is 37.4 Å². The Morgan fingerprint density at radius 3 is 2.32 bits per heavy atom. The summed E-state index contributed by atoms with van der Waals surface area (Å²) in [5.74, 6) is 0.592. The average Bonchev–Trinajstić information content (AvgIpc) is 2.90. The first-order valence-corrected chi connectivity index (χ1v) is 8.51. The summed E-state index contributed by atoms with van der Waals surface area (Å²) in [6, 6.07) is 22.7. The molecule has 0 saturated carbocycles. The van der Waals surface area contributed by atoms with E-state index >= 15 is 0 Å². The van der Waals surface area contributed by atoms with Crippen molar-refractivity contribution in [2.45, 2.75) is 18.8 Å². The summed E-state index contributed by atoms with van der Waals surface area (Å²) in [5.41, 5.74) is 4.52. The summed E-state index contributed by atoms with van der Waals surface area (Å²) < 4.78 is 0. The van der Waals surface area contributed by atoms with Gasteiger partial charge in [-0.15, -0.1) is 0 Å². The highest BCUT2D eigenvalue weighted by Crippen LogP contribution is 2.46. The van der Waals surface area contributed by atoms with E-state index in [4.69, 9.17) is 0 Å². The van der Waals surface area contributed by atoms with Crippen LogP contribution in [0.5, 0.6) is 0 Å². The molecule has 2 aromatic carbocycles. The molecule has 124 valence electrons. The molecule has 25 heavy (non-hydrogen) atoms. The largest absolute Gasteiger partial charge is 0.299 e. The smallest absolute Gasteiger partial charge is 0.236 e. The molecular weight excluding hydrogens is 308 g/mol. The Morgan fingerprint density at radius 2 is 1.60 bits per heavy atom. The Labute approximate surface area is 148 Å². The molecule has 3 heteroatoms. The molecule has 2 heterocycles. The SMILES string of the molecule is Cc1ccc(C(c2ccccc2)C2C(=O)N(C)c3ncccc32)cc1. The summed E-state index contributed by atoms with van der Waals surface area (Å²) in [7, 11) is 1.81. The van der Waals surface area contributed by atoms with Crippen LogP contribution in [0.15, 0.2) is 72.9 Å². The molecule has 2 atom stereocenters. The summed E-state index contributed by atoms with van der Waals surface area (Å²) in [6.45, 7) is 2.08. The van der Waals surface area contributed by atoms with Crippen LogP contribution >= 0.6 is 0 Å². The molecule has 3 nitrogen and oxygen atoms in total. The first kappa shape index (κ1) is 15.6. The van der Waals surface area contributed by atoms with Crippen LogP contribution < -0.4 is 4.90 Å². The van der Waals surface area contributed by atoms with Gasteiger partial charge in [-0.1, -0.05) is 66.2 Å². The van der Waals surface area contributed by atoms with Gasteiger partial charge in [0.2, 0.25) is 5.91 Å². The molecule has 0 radical (unpaired) electrons. The van der Waals surface area contributed by atoms with Gasteiger partial charge in [0.05, 0.1) is 5.92 Å². The molecule has 0 N–H and O–H groups in total. The molecule has 1 aliphatic rings. The third kappa shape index (κ3) is 2.62. The number of hydrogen-bond donors (Lipinski definition) is 0. The topological polar surface area (TPSA) is 33.2 Å². The zero-order valence-corrected chi connectivity index (χ0v) is 14.4. The lowest BCUT2D eigenvalue weighted by Gasteiger charge is -2.24. The molecule has 0 bridgehead atoms. The standard InChI is InChI=1S/C22H20N2O/c1-15-10-12-17(13-11-15)19(16-7-4-3-5-8-16)20-18-9-6-14-23-21(18)24(2)22(20)25/h3-14,19-20H,1-2H3. The quantitative estimate of drug-likeness (QED) is 0.719. The van der Waals surface area contributed by atoms with E-state index < -0.39 is 0 Å². The van der Waals surface area contributed by atoms with Crippen molar-refractivity contribution in [3.63, 3.8) is 0 Å². The van der Waals surface area contributed by atoms with E-state index in [-0.39, 0.29) is 17.7 Å². The van der Waals surface area contributed by atoms with Crippen LogP contribution in [-0.2, 0) is 4.79 Å². The predicted molar refractivity (Wildman–Crippen MR) is 99.9 cm³/mol. The van der Waals surface area contributed by atoms with Gasteiger partial charge >= 0.3 is 0 Å². The molecule has 0 spiro atoms. The first-order valence-electron chi connectivity index (χ1n) is 8.51. The van der Waals surface area contributed by atoms with Crippen LogP contribution in [0, 0.1) is 6.92 Å². The van der Waals surface area contributed by atoms with Gasteiger partial charge in [-0.3, -0.25) is 9.69 Å². The second-order valence-corrected chi connectivity index (χ2v) is 6.59. The Hall–Kier alpha value is -2.94. The minimum atomic E-state index is -0.251. The van der Waals surface area contributed by atoms with E-state index in [2.05, 4.69) is 48.3 Å². The number of benzene rings is 2. The Kier molecular flexibility index (Phi) is 3.85. The van der Waals surface area contributed by atoms with Gasteiger partial charge in [-0.05, 0) is 24.1 Å². The number of anilines is 1. The van der Waals surface area contributed by atoms with Gasteiger partial charge in [-0.2, -0.15) is 0 Å². The summed E-state index contributed by atoms with van der Waals surface area (Å²) in [4.78, 5) is 19.2. The molecule has 4 rings (SSSR count). The number of carbonyl (C=O) groups excluding carboxylic acids is 1. The number of nitrogens with zero attached hydrogens (tertiary/aromatic N) is 2. The molecule has 2 unspecified atom stereocenters. The lowest BCUT2D eigenvalue weighted by atomic mass is 9.78. The van der Waals surface area contributed by atoms with E-state index in [0.717, 1.165) is 22.5 Å². The van der Waals surface area contributed by atoms with Crippen LogP contribution in [0.2, 0.25) is 0 Å². The van der Waals surface area contributed by atoms with Crippen molar-refractivity contribution in [3.05, 3.63) is 95.2 Å². The maximum atomic E-state index is 13.1. The van der Waals surface area contributed by atoms with Crippen molar-refractivity contribution in [2.24, 2.45) is 0 Å². The molecule has 1 amide bonds. The number of likely N-dealkylation sites (N-methyl/N-ethyl adjacent to an activating group) is 1. The number of hydrogen-bond acceptors (Lipinski definition) is 2. The monoisotopic (exact) mass is 328 g/mol. The van der Waals surface area contributed by atoms with Gasteiger partial charge in [0, 0.05) is 24.7 Å². The van der Waals surface area contributed by atoms with Crippen molar-refractivity contribution in [1.82, 2.24) is 4.98 Å². The molecule has 0 aliphatic carbocycles. The van der Waals surface area contributed by atoms with Crippen LogP contribution in [0.4, 0.5) is 5.82 Å². The highest BCUT2D eigenvalue weighted by atomic mass is 16.2. The maximum absolute atomic E-state index is 13.1. The summed E-state index contributed by atoms with van der Waals surface area (Å²) >= 11 is 0. The van der Waals surface area contributed by atoms with Crippen LogP contribution in [0.3, 0.4) is 0 Å². The highest BCUT2D eigenvalue weighted by Gasteiger charge is 2.42. The maximum Gasteiger partial charge on any atom is 0.236 e. The number of pyridine rings is 1. The second-order valence-electron chi connectivity index (χ2n) is 6.59. The fourth-order valence-corrected chi connectivity index (χ4v) is 3.71. The van der Waals surface area contributed by atoms with E-state index in [0.29, 0.717) is 0 Å². The fourth-order valence-electron chi connectivity index (χ4n) is 3.71.